The van der Waals surface area contributed by atoms with E-state index in [-0.39, 0.29) is 11.8 Å². The lowest BCUT2D eigenvalue weighted by Crippen LogP contribution is -2.42. The molecule has 0 fully saturated rings. The van der Waals surface area contributed by atoms with E-state index in [1.54, 1.807) is 20.8 Å². The van der Waals surface area contributed by atoms with Crippen LogP contribution in [0.3, 0.4) is 0 Å². The lowest BCUT2D eigenvalue weighted by Gasteiger charge is -2.23. The molecule has 0 spiro atoms. The summed E-state index contributed by atoms with van der Waals surface area (Å²) in [6, 6.07) is 2.53. The zero-order chi connectivity index (χ0) is 17.2. The molecule has 0 bridgehead atoms. The Morgan fingerprint density at radius 1 is 1.35 bits per heavy atom. The van der Waals surface area contributed by atoms with Crippen LogP contribution >= 0.6 is 0 Å². The topological polar surface area (TPSA) is 67.4 Å². The van der Waals surface area contributed by atoms with Crippen LogP contribution in [0.2, 0.25) is 0 Å². The average molecular weight is 322 g/mol. The Bertz CT molecular complexity index is 623. The summed E-state index contributed by atoms with van der Waals surface area (Å²) in [7, 11) is 0. The first-order valence-corrected chi connectivity index (χ1v) is 7.72. The number of rotatable bonds is 2. The minimum atomic E-state index is -0.559. The number of ketones is 1. The third kappa shape index (κ3) is 4.68. The second-order valence-electron chi connectivity index (χ2n) is 6.81. The van der Waals surface area contributed by atoms with Gasteiger partial charge in [0.15, 0.2) is 5.78 Å². The molecule has 1 aliphatic heterocycles. The number of Topliss-reactive ketones (excluding diaryl/α,β-unsaturated/α-hetero) is 1. The van der Waals surface area contributed by atoms with Gasteiger partial charge in [0.2, 0.25) is 0 Å². The van der Waals surface area contributed by atoms with Crippen molar-refractivity contribution < 1.29 is 18.7 Å². The van der Waals surface area contributed by atoms with Gasteiger partial charge in [-0.3, -0.25) is 4.79 Å². The van der Waals surface area contributed by atoms with E-state index in [9.17, 15) is 14.0 Å². The van der Waals surface area contributed by atoms with Gasteiger partial charge in [0.1, 0.15) is 11.4 Å². The molecular formula is C17H23FN2O3. The number of fused-ring (bicyclic) bond motifs is 1. The molecule has 1 aromatic carbocycles. The second kappa shape index (κ2) is 6.56. The van der Waals surface area contributed by atoms with Crippen LogP contribution in [0.15, 0.2) is 12.1 Å². The van der Waals surface area contributed by atoms with E-state index in [4.69, 9.17) is 4.74 Å². The lowest BCUT2D eigenvalue weighted by atomic mass is 10.0. The third-order valence-electron chi connectivity index (χ3n) is 3.57. The predicted octanol–water partition coefficient (Wildman–Crippen LogP) is 3.28. The van der Waals surface area contributed by atoms with Crippen LogP contribution in [-0.4, -0.2) is 30.1 Å². The first-order chi connectivity index (χ1) is 10.7. The molecule has 0 radical (unpaired) electrons. The zero-order valence-corrected chi connectivity index (χ0v) is 14.0. The van der Waals surface area contributed by atoms with Crippen LogP contribution < -0.4 is 10.6 Å². The van der Waals surface area contributed by atoms with Crippen molar-refractivity contribution in [2.45, 2.75) is 52.2 Å². The second-order valence-corrected chi connectivity index (χ2v) is 6.81. The van der Waals surface area contributed by atoms with Gasteiger partial charge in [-0.15, -0.1) is 0 Å². The number of halogens is 1. The van der Waals surface area contributed by atoms with Crippen LogP contribution in [0.25, 0.3) is 0 Å². The smallest absolute Gasteiger partial charge is 0.407 e. The van der Waals surface area contributed by atoms with Gasteiger partial charge in [-0.1, -0.05) is 0 Å². The number of aryl methyl sites for hydroxylation is 1. The summed E-state index contributed by atoms with van der Waals surface area (Å²) in [6.45, 7) is 7.28. The number of carbonyl (C=O) groups is 2. The Balaban J connectivity index is 2.10. The minimum Gasteiger partial charge on any atom is -0.444 e. The van der Waals surface area contributed by atoms with Crippen LogP contribution in [0, 0.1) is 5.82 Å². The van der Waals surface area contributed by atoms with Gasteiger partial charge in [-0.25, -0.2) is 9.18 Å². The maximum Gasteiger partial charge on any atom is 0.407 e. The molecule has 2 N–H and O–H groups in total. The standard InChI is InChI=1S/C17H23FN2O3/c1-10(21)14-8-12(18)7-11-5-6-13(9-19-15(11)14)20-16(22)23-17(2,3)4/h7-8,13,19H,5-6,9H2,1-4H3,(H,20,22). The molecular weight excluding hydrogens is 299 g/mol. The number of carbonyl (C=O) groups excluding carboxylic acids is 2. The average Bonchev–Trinajstić information content (AvgIpc) is 2.58. The summed E-state index contributed by atoms with van der Waals surface area (Å²) in [5, 5.41) is 5.97. The minimum absolute atomic E-state index is 0.153. The van der Waals surface area contributed by atoms with Crippen molar-refractivity contribution in [1.29, 1.82) is 0 Å². The Morgan fingerprint density at radius 2 is 2.04 bits per heavy atom. The van der Waals surface area contributed by atoms with E-state index < -0.39 is 17.5 Å². The first-order valence-electron chi connectivity index (χ1n) is 7.72. The number of hydrogen-bond acceptors (Lipinski definition) is 4. The molecule has 23 heavy (non-hydrogen) atoms. The van der Waals surface area contributed by atoms with E-state index in [2.05, 4.69) is 10.6 Å². The molecule has 1 unspecified atom stereocenters. The van der Waals surface area contributed by atoms with E-state index in [0.29, 0.717) is 30.6 Å². The van der Waals surface area contributed by atoms with E-state index in [1.807, 2.05) is 0 Å². The SMILES string of the molecule is CC(=O)c1cc(F)cc2c1NCC(NC(=O)OC(C)(C)C)CC2. The molecule has 1 aliphatic rings. The van der Waals surface area contributed by atoms with E-state index >= 15 is 0 Å². The van der Waals surface area contributed by atoms with Crippen molar-refractivity contribution in [2.24, 2.45) is 0 Å². The van der Waals surface area contributed by atoms with Crippen LogP contribution in [0.5, 0.6) is 0 Å². The fourth-order valence-corrected chi connectivity index (χ4v) is 2.60. The van der Waals surface area contributed by atoms with Gasteiger partial charge >= 0.3 is 6.09 Å². The predicted molar refractivity (Wildman–Crippen MR) is 86.4 cm³/mol. The van der Waals surface area contributed by atoms with Crippen molar-refractivity contribution in [3.63, 3.8) is 0 Å². The largest absolute Gasteiger partial charge is 0.444 e. The van der Waals surface area contributed by atoms with Gasteiger partial charge in [0.25, 0.3) is 0 Å². The van der Waals surface area contributed by atoms with Crippen LogP contribution in [0.1, 0.15) is 50.0 Å². The molecule has 1 amide bonds. The number of ether oxygens (including phenoxy) is 1. The van der Waals surface area contributed by atoms with Crippen molar-refractivity contribution in [1.82, 2.24) is 5.32 Å². The molecule has 0 saturated carbocycles. The van der Waals surface area contributed by atoms with E-state index in [1.165, 1.54) is 19.1 Å². The summed E-state index contributed by atoms with van der Waals surface area (Å²) in [6.07, 6.45) is 0.731. The first kappa shape index (κ1) is 17.2. The highest BCUT2D eigenvalue weighted by molar-refractivity contribution is 6.00. The van der Waals surface area contributed by atoms with Crippen LogP contribution in [0.4, 0.5) is 14.9 Å². The number of benzene rings is 1. The Labute approximate surface area is 135 Å². The number of anilines is 1. The number of nitrogens with one attached hydrogen (secondary N) is 2. The monoisotopic (exact) mass is 322 g/mol. The molecule has 5 nitrogen and oxygen atoms in total. The van der Waals surface area contributed by atoms with Crippen LogP contribution in [-0.2, 0) is 11.2 Å². The molecule has 126 valence electrons. The Kier molecular flexibility index (Phi) is 4.92. The summed E-state index contributed by atoms with van der Waals surface area (Å²) in [4.78, 5) is 23.6. The molecule has 1 heterocycles. The summed E-state index contributed by atoms with van der Waals surface area (Å²) >= 11 is 0. The van der Waals surface area contributed by atoms with Gasteiger partial charge in [0.05, 0.1) is 0 Å². The molecule has 1 atom stereocenters. The zero-order valence-electron chi connectivity index (χ0n) is 14.0. The maximum absolute atomic E-state index is 13.7. The van der Waals surface area contributed by atoms with Gasteiger partial charge in [-0.05, 0) is 58.2 Å². The van der Waals surface area contributed by atoms with Crippen molar-refractivity contribution in [3.05, 3.63) is 29.1 Å². The summed E-state index contributed by atoms with van der Waals surface area (Å²) < 4.78 is 18.9. The molecule has 0 saturated heterocycles. The Hall–Kier alpha value is -2.11. The third-order valence-corrected chi connectivity index (χ3v) is 3.57. The normalized spacial score (nSPS) is 17.5. The maximum atomic E-state index is 13.7. The lowest BCUT2D eigenvalue weighted by molar-refractivity contribution is 0.0505. The van der Waals surface area contributed by atoms with Crippen molar-refractivity contribution in [3.8, 4) is 0 Å². The number of amides is 1. The molecule has 1 aromatic rings. The quantitative estimate of drug-likeness (QED) is 0.820. The summed E-state index contributed by atoms with van der Waals surface area (Å²) in [5.41, 5.74) is 1.20. The molecule has 0 aliphatic carbocycles. The van der Waals surface area contributed by atoms with Crippen molar-refractivity contribution in [2.75, 3.05) is 11.9 Å². The fraction of sp³-hybridized carbons (Fsp3) is 0.529. The summed E-state index contributed by atoms with van der Waals surface area (Å²) in [5.74, 6) is -0.610. The molecule has 6 heteroatoms. The number of alkyl carbamates (subject to hydrolysis) is 1. The van der Waals surface area contributed by atoms with E-state index in [0.717, 1.165) is 5.56 Å². The fourth-order valence-electron chi connectivity index (χ4n) is 2.60. The highest BCUT2D eigenvalue weighted by atomic mass is 19.1. The molecule has 2 rings (SSSR count). The Morgan fingerprint density at radius 3 is 2.65 bits per heavy atom. The highest BCUT2D eigenvalue weighted by Gasteiger charge is 2.23. The van der Waals surface area contributed by atoms with Crippen molar-refractivity contribution >= 4 is 17.6 Å². The highest BCUT2D eigenvalue weighted by Crippen LogP contribution is 2.27. The van der Waals surface area contributed by atoms with Gasteiger partial charge in [0, 0.05) is 23.8 Å². The van der Waals surface area contributed by atoms with Gasteiger partial charge < -0.3 is 15.4 Å². The molecule has 0 aromatic heterocycles. The number of hydrogen-bond donors (Lipinski definition) is 2. The van der Waals surface area contributed by atoms with Gasteiger partial charge in [-0.2, -0.15) is 0 Å².